The van der Waals surface area contributed by atoms with Gasteiger partial charge in [-0.3, -0.25) is 19.7 Å². The Labute approximate surface area is 160 Å². The zero-order valence-corrected chi connectivity index (χ0v) is 14.9. The highest BCUT2D eigenvalue weighted by Gasteiger charge is 2.21. The number of fused-ring (bicyclic) bond motifs is 1. The van der Waals surface area contributed by atoms with Crippen LogP contribution in [0.5, 0.6) is 11.5 Å². The van der Waals surface area contributed by atoms with Gasteiger partial charge in [0.25, 0.3) is 11.6 Å². The number of nitro groups is 1. The fourth-order valence-corrected chi connectivity index (χ4v) is 2.61. The molecule has 0 saturated heterocycles. The topological polar surface area (TPSA) is 120 Å². The van der Waals surface area contributed by atoms with Crippen LogP contribution in [0.4, 0.5) is 5.69 Å². The number of hydrogen-bond donors (Lipinski definition) is 2. The fourth-order valence-electron chi connectivity index (χ4n) is 2.61. The van der Waals surface area contributed by atoms with Crippen LogP contribution in [0.25, 0.3) is 0 Å². The Morgan fingerprint density at radius 1 is 1.07 bits per heavy atom. The number of amides is 2. The zero-order valence-electron chi connectivity index (χ0n) is 14.9. The van der Waals surface area contributed by atoms with E-state index in [1.165, 1.54) is 24.3 Å². The first-order chi connectivity index (χ1) is 13.5. The minimum absolute atomic E-state index is 0.0903. The monoisotopic (exact) mass is 385 g/mol. The Morgan fingerprint density at radius 3 is 2.50 bits per heavy atom. The van der Waals surface area contributed by atoms with E-state index < -0.39 is 10.8 Å². The molecule has 1 atom stereocenters. The van der Waals surface area contributed by atoms with Crippen LogP contribution in [-0.4, -0.2) is 42.5 Å². The van der Waals surface area contributed by atoms with E-state index in [1.807, 2.05) is 18.2 Å². The molecule has 9 nitrogen and oxygen atoms in total. The summed E-state index contributed by atoms with van der Waals surface area (Å²) in [4.78, 5) is 34.0. The molecule has 146 valence electrons. The Bertz CT molecular complexity index is 868. The van der Waals surface area contributed by atoms with Crippen molar-refractivity contribution in [2.24, 2.45) is 0 Å². The van der Waals surface area contributed by atoms with Crippen molar-refractivity contribution in [1.29, 1.82) is 0 Å². The number of carbonyl (C=O) groups excluding carboxylic acids is 2. The number of para-hydroxylation sites is 2. The van der Waals surface area contributed by atoms with Gasteiger partial charge in [0.2, 0.25) is 5.91 Å². The summed E-state index contributed by atoms with van der Waals surface area (Å²) in [6, 6.07) is 12.6. The second-order valence-corrected chi connectivity index (χ2v) is 6.11. The maximum Gasteiger partial charge on any atom is 0.269 e. The summed E-state index contributed by atoms with van der Waals surface area (Å²) in [5.41, 5.74) is 0.199. The number of ether oxygens (including phenoxy) is 2. The van der Waals surface area contributed by atoms with E-state index in [-0.39, 0.29) is 36.2 Å². The average Bonchev–Trinajstić information content (AvgIpc) is 2.72. The molecule has 0 saturated carbocycles. The quantitative estimate of drug-likeness (QED) is 0.553. The van der Waals surface area contributed by atoms with Crippen molar-refractivity contribution >= 4 is 17.5 Å². The highest BCUT2D eigenvalue weighted by atomic mass is 16.6. The van der Waals surface area contributed by atoms with Gasteiger partial charge in [-0.15, -0.1) is 0 Å². The van der Waals surface area contributed by atoms with Crippen molar-refractivity contribution < 1.29 is 24.0 Å². The highest BCUT2D eigenvalue weighted by Crippen LogP contribution is 2.30. The Morgan fingerprint density at radius 2 is 1.79 bits per heavy atom. The van der Waals surface area contributed by atoms with E-state index in [1.54, 1.807) is 6.07 Å². The number of nitrogens with one attached hydrogen (secondary N) is 2. The van der Waals surface area contributed by atoms with Crippen LogP contribution >= 0.6 is 0 Å². The molecule has 0 radical (unpaired) electrons. The highest BCUT2D eigenvalue weighted by molar-refractivity contribution is 5.94. The van der Waals surface area contributed by atoms with Crippen molar-refractivity contribution in [3.05, 3.63) is 64.2 Å². The minimum Gasteiger partial charge on any atom is -0.486 e. The van der Waals surface area contributed by atoms with Crippen molar-refractivity contribution in [2.45, 2.75) is 12.5 Å². The number of hydrogen-bond acceptors (Lipinski definition) is 6. The largest absolute Gasteiger partial charge is 0.486 e. The minimum atomic E-state index is -0.536. The Hall–Kier alpha value is -3.62. The van der Waals surface area contributed by atoms with Crippen molar-refractivity contribution in [2.75, 3.05) is 19.7 Å². The maximum absolute atomic E-state index is 12.0. The number of carbonyl (C=O) groups is 2. The van der Waals surface area contributed by atoms with Gasteiger partial charge in [-0.1, -0.05) is 12.1 Å². The van der Waals surface area contributed by atoms with Crippen molar-refractivity contribution in [3.8, 4) is 11.5 Å². The molecule has 9 heteroatoms. The maximum atomic E-state index is 12.0. The molecule has 1 aliphatic rings. The van der Waals surface area contributed by atoms with Gasteiger partial charge in [-0.05, 0) is 24.3 Å². The van der Waals surface area contributed by atoms with Crippen LogP contribution in [-0.2, 0) is 4.79 Å². The van der Waals surface area contributed by atoms with Gasteiger partial charge in [0, 0.05) is 30.7 Å². The number of nitrogens with zero attached hydrogens (tertiary/aromatic N) is 1. The molecular weight excluding hydrogens is 366 g/mol. The standard InChI is InChI=1S/C19H19N3O6/c23-18(21-11-15-12-27-16-3-1-2-4-17(16)28-15)9-10-20-19(24)13-5-7-14(8-6-13)22(25)26/h1-8,15H,9-12H2,(H,20,24)(H,21,23)/t15-/m1/s1. The van der Waals surface area contributed by atoms with Crippen LogP contribution in [0.3, 0.4) is 0 Å². The molecule has 0 fully saturated rings. The van der Waals surface area contributed by atoms with Crippen molar-refractivity contribution in [3.63, 3.8) is 0 Å². The molecule has 0 aliphatic carbocycles. The summed E-state index contributed by atoms with van der Waals surface area (Å²) < 4.78 is 11.3. The lowest BCUT2D eigenvalue weighted by atomic mass is 10.2. The van der Waals surface area contributed by atoms with Gasteiger partial charge in [-0.2, -0.15) is 0 Å². The summed E-state index contributed by atoms with van der Waals surface area (Å²) in [6.07, 6.45) is -0.184. The van der Waals surface area contributed by atoms with Gasteiger partial charge < -0.3 is 20.1 Å². The number of nitro benzene ring substituents is 1. The van der Waals surface area contributed by atoms with Gasteiger partial charge in [0.1, 0.15) is 12.7 Å². The molecule has 0 unspecified atom stereocenters. The summed E-state index contributed by atoms with van der Waals surface area (Å²) >= 11 is 0. The molecule has 3 rings (SSSR count). The third kappa shape index (κ3) is 4.97. The van der Waals surface area contributed by atoms with Gasteiger partial charge in [-0.25, -0.2) is 0 Å². The zero-order chi connectivity index (χ0) is 19.9. The van der Waals surface area contributed by atoms with E-state index in [9.17, 15) is 19.7 Å². The van der Waals surface area contributed by atoms with E-state index in [2.05, 4.69) is 10.6 Å². The van der Waals surface area contributed by atoms with Crippen molar-refractivity contribution in [1.82, 2.24) is 10.6 Å². The van der Waals surface area contributed by atoms with E-state index >= 15 is 0 Å². The van der Waals surface area contributed by atoms with Gasteiger partial charge in [0.05, 0.1) is 11.5 Å². The molecule has 28 heavy (non-hydrogen) atoms. The lowest BCUT2D eigenvalue weighted by Gasteiger charge is -2.26. The second-order valence-electron chi connectivity index (χ2n) is 6.11. The number of rotatable bonds is 7. The third-order valence-corrected chi connectivity index (χ3v) is 4.07. The molecular formula is C19H19N3O6. The molecule has 0 spiro atoms. The van der Waals surface area contributed by atoms with Crippen LogP contribution in [0.15, 0.2) is 48.5 Å². The summed E-state index contributed by atoms with van der Waals surface area (Å²) in [6.45, 7) is 0.782. The number of benzene rings is 2. The normalized spacial score (nSPS) is 14.8. The molecule has 0 bridgehead atoms. The van der Waals surface area contributed by atoms with E-state index in [0.717, 1.165) is 0 Å². The third-order valence-electron chi connectivity index (χ3n) is 4.07. The Balaban J connectivity index is 1.36. The first kappa shape index (κ1) is 19.2. The lowest BCUT2D eigenvalue weighted by Crippen LogP contribution is -2.41. The van der Waals surface area contributed by atoms with Gasteiger partial charge >= 0.3 is 0 Å². The second kappa shape index (κ2) is 8.85. The first-order valence-electron chi connectivity index (χ1n) is 8.71. The SMILES string of the molecule is O=C(CCNC(=O)c1ccc([N+](=O)[O-])cc1)NC[C@@H]1COc2ccccc2O1. The van der Waals surface area contributed by atoms with Crippen LogP contribution in [0, 0.1) is 10.1 Å². The Kier molecular flexibility index (Phi) is 6.05. The van der Waals surface area contributed by atoms with Crippen LogP contribution < -0.4 is 20.1 Å². The summed E-state index contributed by atoms with van der Waals surface area (Å²) in [5.74, 6) is 0.692. The molecule has 2 N–H and O–H groups in total. The summed E-state index contributed by atoms with van der Waals surface area (Å²) in [7, 11) is 0. The summed E-state index contributed by atoms with van der Waals surface area (Å²) in [5, 5.41) is 16.0. The van der Waals surface area contributed by atoms with Crippen LogP contribution in [0.2, 0.25) is 0 Å². The van der Waals surface area contributed by atoms with Gasteiger partial charge in [0.15, 0.2) is 11.5 Å². The van der Waals surface area contributed by atoms with E-state index in [4.69, 9.17) is 9.47 Å². The molecule has 2 amide bonds. The van der Waals surface area contributed by atoms with Crippen LogP contribution in [0.1, 0.15) is 16.8 Å². The first-order valence-corrected chi connectivity index (χ1v) is 8.71. The lowest BCUT2D eigenvalue weighted by molar-refractivity contribution is -0.384. The van der Waals surface area contributed by atoms with E-state index in [0.29, 0.717) is 24.7 Å². The molecule has 0 aromatic heterocycles. The molecule has 1 heterocycles. The smallest absolute Gasteiger partial charge is 0.269 e. The fraction of sp³-hybridized carbons (Fsp3) is 0.263. The predicted molar refractivity (Wildman–Crippen MR) is 99.4 cm³/mol. The number of non-ortho nitro benzene ring substituents is 1. The molecule has 2 aromatic rings. The predicted octanol–water partition coefficient (Wildman–Crippen LogP) is 1.67. The average molecular weight is 385 g/mol. The molecule has 2 aromatic carbocycles. The molecule has 1 aliphatic heterocycles.